The van der Waals surface area contributed by atoms with Crippen LogP contribution in [0.2, 0.25) is 0 Å². The number of allylic oxidation sites excluding steroid dienone is 4. The largest absolute Gasteiger partial charge is 0.292 e. The van der Waals surface area contributed by atoms with Crippen molar-refractivity contribution in [1.82, 2.24) is 0 Å². The first-order chi connectivity index (χ1) is 13.9. The van der Waals surface area contributed by atoms with Crippen LogP contribution in [0.3, 0.4) is 0 Å². The molecule has 0 saturated carbocycles. The molecule has 160 valence electrons. The Hall–Kier alpha value is -1.25. The Morgan fingerprint density at radius 3 is 1.79 bits per heavy atom. The number of aliphatic imine (C=N–C) groups is 1. The van der Waals surface area contributed by atoms with Crippen LogP contribution in [0.1, 0.15) is 122 Å². The topological polar surface area (TPSA) is 41.8 Å². The van der Waals surface area contributed by atoms with Gasteiger partial charge >= 0.3 is 0 Å². The Morgan fingerprint density at radius 1 is 0.786 bits per heavy atom. The number of rotatable bonds is 19. The number of nitroso groups, excluding NO2 is 1. The molecule has 0 spiro atoms. The lowest BCUT2D eigenvalue weighted by atomic mass is 10.0. The molecule has 0 bridgehead atoms. The molecule has 28 heavy (non-hydrogen) atoms. The Balaban J connectivity index is 1.81. The van der Waals surface area contributed by atoms with E-state index in [4.69, 9.17) is 0 Å². The van der Waals surface area contributed by atoms with Crippen LogP contribution in [0.5, 0.6) is 0 Å². The second-order valence-corrected chi connectivity index (χ2v) is 8.27. The van der Waals surface area contributed by atoms with Crippen molar-refractivity contribution < 1.29 is 0 Å². The predicted octanol–water partition coefficient (Wildman–Crippen LogP) is 8.69. The van der Waals surface area contributed by atoms with Crippen molar-refractivity contribution in [2.45, 2.75) is 122 Å². The van der Waals surface area contributed by atoms with Crippen molar-refractivity contribution in [2.24, 2.45) is 10.2 Å². The number of hydrogen-bond donors (Lipinski definition) is 0. The predicted molar refractivity (Wildman–Crippen MR) is 124 cm³/mol. The second kappa shape index (κ2) is 19.1. The van der Waals surface area contributed by atoms with E-state index in [1.165, 1.54) is 96.3 Å². The lowest BCUT2D eigenvalue weighted by Crippen LogP contribution is -1.94. The van der Waals surface area contributed by atoms with Crippen molar-refractivity contribution >= 4 is 6.21 Å². The van der Waals surface area contributed by atoms with E-state index < -0.39 is 0 Å². The fourth-order valence-corrected chi connectivity index (χ4v) is 3.80. The van der Waals surface area contributed by atoms with E-state index in [0.717, 1.165) is 31.4 Å². The minimum Gasteiger partial charge on any atom is -0.292 e. The SMILES string of the molecule is CCCCCCCCCCCCCCCCCCN=CC1=C(N=O)CCC=C1. The molecule has 0 aromatic carbocycles. The minimum atomic E-state index is 0.651. The van der Waals surface area contributed by atoms with Gasteiger partial charge in [0.05, 0.1) is 5.70 Å². The summed E-state index contributed by atoms with van der Waals surface area (Å²) in [4.78, 5) is 15.2. The van der Waals surface area contributed by atoms with Crippen LogP contribution < -0.4 is 0 Å². The van der Waals surface area contributed by atoms with Crippen molar-refractivity contribution in [3.05, 3.63) is 28.3 Å². The van der Waals surface area contributed by atoms with Gasteiger partial charge in [-0.3, -0.25) is 4.99 Å². The maximum atomic E-state index is 10.8. The quantitative estimate of drug-likeness (QED) is 0.124. The summed E-state index contributed by atoms with van der Waals surface area (Å²) in [5.41, 5.74) is 1.55. The molecular weight excluding hydrogens is 344 g/mol. The molecule has 0 aliphatic heterocycles. The molecule has 0 amide bonds. The van der Waals surface area contributed by atoms with Crippen LogP contribution in [0.25, 0.3) is 0 Å². The molecule has 0 heterocycles. The zero-order chi connectivity index (χ0) is 20.1. The van der Waals surface area contributed by atoms with E-state index in [-0.39, 0.29) is 0 Å². The highest BCUT2D eigenvalue weighted by Gasteiger charge is 2.06. The molecule has 0 aromatic heterocycles. The molecule has 1 aliphatic carbocycles. The van der Waals surface area contributed by atoms with E-state index in [1.807, 2.05) is 12.3 Å². The van der Waals surface area contributed by atoms with Crippen LogP contribution in [0, 0.1) is 4.91 Å². The van der Waals surface area contributed by atoms with Gasteiger partial charge < -0.3 is 0 Å². The number of unbranched alkanes of at least 4 members (excludes halogenated alkanes) is 15. The molecule has 0 saturated heterocycles. The van der Waals surface area contributed by atoms with Gasteiger partial charge in [-0.05, 0) is 24.4 Å². The standard InChI is InChI=1S/C25H44N2O/c1-2-3-4-5-6-7-8-9-10-11-12-13-14-15-16-19-22-26-23-24-20-17-18-21-25(24)27-28/h17,20,23H,2-16,18-19,21-22H2,1H3. The van der Waals surface area contributed by atoms with Crippen LogP contribution in [-0.2, 0) is 0 Å². The maximum absolute atomic E-state index is 10.8. The van der Waals surface area contributed by atoms with Crippen LogP contribution in [-0.4, -0.2) is 12.8 Å². The second-order valence-electron chi connectivity index (χ2n) is 8.27. The zero-order valence-electron chi connectivity index (χ0n) is 18.5. The van der Waals surface area contributed by atoms with Crippen LogP contribution in [0.15, 0.2) is 33.6 Å². The lowest BCUT2D eigenvalue weighted by Gasteiger charge is -2.05. The molecule has 1 aliphatic rings. The average molecular weight is 389 g/mol. The highest BCUT2D eigenvalue weighted by molar-refractivity contribution is 5.83. The number of nitrogens with zero attached hydrogens (tertiary/aromatic N) is 2. The summed E-state index contributed by atoms with van der Waals surface area (Å²) in [6.45, 7) is 3.15. The molecule has 3 nitrogen and oxygen atoms in total. The highest BCUT2D eigenvalue weighted by Crippen LogP contribution is 2.18. The maximum Gasteiger partial charge on any atom is 0.0939 e. The van der Waals surface area contributed by atoms with E-state index in [9.17, 15) is 4.91 Å². The Bertz CT molecular complexity index is 465. The van der Waals surface area contributed by atoms with Crippen molar-refractivity contribution in [2.75, 3.05) is 6.54 Å². The third kappa shape index (κ3) is 13.8. The molecule has 0 atom stereocenters. The molecule has 1 rings (SSSR count). The van der Waals surface area contributed by atoms with Gasteiger partial charge in [0.1, 0.15) is 0 Å². The molecular formula is C25H44N2O. The Morgan fingerprint density at radius 2 is 1.29 bits per heavy atom. The van der Waals surface area contributed by atoms with Crippen molar-refractivity contribution in [1.29, 1.82) is 0 Å². The molecule has 0 unspecified atom stereocenters. The smallest absolute Gasteiger partial charge is 0.0939 e. The summed E-state index contributed by atoms with van der Waals surface area (Å²) in [5, 5.41) is 3.11. The van der Waals surface area contributed by atoms with Gasteiger partial charge in [-0.25, -0.2) is 0 Å². The first-order valence-electron chi connectivity index (χ1n) is 12.1. The van der Waals surface area contributed by atoms with E-state index in [1.54, 1.807) is 0 Å². The average Bonchev–Trinajstić information content (AvgIpc) is 2.73. The molecule has 0 radical (unpaired) electrons. The summed E-state index contributed by atoms with van der Waals surface area (Å²) in [6.07, 6.45) is 29.8. The van der Waals surface area contributed by atoms with Gasteiger partial charge in [0.2, 0.25) is 0 Å². The highest BCUT2D eigenvalue weighted by atomic mass is 16.3. The van der Waals surface area contributed by atoms with Gasteiger partial charge in [-0.2, -0.15) is 0 Å². The minimum absolute atomic E-state index is 0.651. The number of hydrogen-bond acceptors (Lipinski definition) is 3. The fourth-order valence-electron chi connectivity index (χ4n) is 3.80. The molecule has 0 aromatic rings. The Kier molecular flexibility index (Phi) is 16.9. The molecule has 3 heteroatoms. The normalized spacial score (nSPS) is 14.3. The van der Waals surface area contributed by atoms with Gasteiger partial charge in [-0.15, -0.1) is 4.91 Å². The molecule has 0 fully saturated rings. The summed E-state index contributed by atoms with van der Waals surface area (Å²) in [6, 6.07) is 0. The summed E-state index contributed by atoms with van der Waals surface area (Å²) < 4.78 is 0. The van der Waals surface area contributed by atoms with Crippen LogP contribution in [0.4, 0.5) is 0 Å². The summed E-state index contributed by atoms with van der Waals surface area (Å²) in [5.74, 6) is 0. The Labute approximate surface area is 174 Å². The zero-order valence-corrected chi connectivity index (χ0v) is 18.5. The van der Waals surface area contributed by atoms with Gasteiger partial charge in [-0.1, -0.05) is 115 Å². The van der Waals surface area contributed by atoms with Gasteiger partial charge in [0, 0.05) is 18.3 Å². The first-order valence-corrected chi connectivity index (χ1v) is 12.1. The fraction of sp³-hybridized carbons (Fsp3) is 0.800. The third-order valence-corrected chi connectivity index (χ3v) is 5.66. The lowest BCUT2D eigenvalue weighted by molar-refractivity contribution is 0.530. The molecule has 0 N–H and O–H groups in total. The van der Waals surface area contributed by atoms with Gasteiger partial charge in [0.25, 0.3) is 0 Å². The van der Waals surface area contributed by atoms with E-state index in [0.29, 0.717) is 5.70 Å². The summed E-state index contributed by atoms with van der Waals surface area (Å²) >= 11 is 0. The monoisotopic (exact) mass is 388 g/mol. The van der Waals surface area contributed by atoms with E-state index >= 15 is 0 Å². The first kappa shape index (κ1) is 24.8. The third-order valence-electron chi connectivity index (χ3n) is 5.66. The van der Waals surface area contributed by atoms with E-state index in [2.05, 4.69) is 23.2 Å². The van der Waals surface area contributed by atoms with Crippen molar-refractivity contribution in [3.63, 3.8) is 0 Å². The van der Waals surface area contributed by atoms with Gasteiger partial charge in [0.15, 0.2) is 0 Å². The van der Waals surface area contributed by atoms with Crippen LogP contribution >= 0.6 is 0 Å². The van der Waals surface area contributed by atoms with Crippen molar-refractivity contribution in [3.8, 4) is 0 Å². The summed E-state index contributed by atoms with van der Waals surface area (Å²) in [7, 11) is 0.